The van der Waals surface area contributed by atoms with E-state index >= 15 is 0 Å². The molecule has 3 nitrogen and oxygen atoms in total. The molecule has 1 fully saturated rings. The van der Waals surface area contributed by atoms with E-state index in [1.54, 1.807) is 5.43 Å². The average molecular weight is 150 g/mol. The van der Waals surface area contributed by atoms with Gasteiger partial charge in [-0.05, 0) is 6.42 Å². The molecule has 0 bridgehead atoms. The number of amides is 1. The summed E-state index contributed by atoms with van der Waals surface area (Å²) in [6, 6.07) is 0. The summed E-state index contributed by atoms with van der Waals surface area (Å²) in [4.78, 5) is 10.5. The smallest absolute Gasteiger partial charge is 0.259 e. The molecule has 5 heteroatoms. The van der Waals surface area contributed by atoms with Gasteiger partial charge in [-0.1, -0.05) is 0 Å². The summed E-state index contributed by atoms with van der Waals surface area (Å²) in [6.07, 6.45) is 0.0289. The van der Waals surface area contributed by atoms with Crippen LogP contribution >= 0.6 is 0 Å². The van der Waals surface area contributed by atoms with Crippen LogP contribution in [0, 0.1) is 5.92 Å². The summed E-state index contributed by atoms with van der Waals surface area (Å²) in [7, 11) is 0. The van der Waals surface area contributed by atoms with E-state index in [9.17, 15) is 13.6 Å². The molecule has 1 amide bonds. The number of hydrazine groups is 1. The third kappa shape index (κ3) is 0.965. The Morgan fingerprint density at radius 3 is 2.40 bits per heavy atom. The molecule has 0 spiro atoms. The van der Waals surface area contributed by atoms with Gasteiger partial charge in [-0.15, -0.1) is 0 Å². The molecule has 1 saturated carbocycles. The van der Waals surface area contributed by atoms with Gasteiger partial charge in [0.2, 0.25) is 5.91 Å². The molecule has 58 valence electrons. The SMILES string of the molecule is NNC(=O)C1CCC1(F)F. The highest BCUT2D eigenvalue weighted by molar-refractivity contribution is 5.80. The average Bonchev–Trinajstić information content (AvgIpc) is 1.86. The van der Waals surface area contributed by atoms with Gasteiger partial charge in [0.15, 0.2) is 0 Å². The first-order chi connectivity index (χ1) is 4.58. The Morgan fingerprint density at radius 1 is 1.70 bits per heavy atom. The largest absolute Gasteiger partial charge is 0.294 e. The highest BCUT2D eigenvalue weighted by Gasteiger charge is 2.52. The second-order valence-electron chi connectivity index (χ2n) is 2.36. The molecule has 10 heavy (non-hydrogen) atoms. The minimum Gasteiger partial charge on any atom is -0.294 e. The van der Waals surface area contributed by atoms with Gasteiger partial charge in [-0.25, -0.2) is 14.6 Å². The van der Waals surface area contributed by atoms with Gasteiger partial charge in [-0.3, -0.25) is 10.2 Å². The number of carbonyl (C=O) groups excluding carboxylic acids is 1. The van der Waals surface area contributed by atoms with Crippen molar-refractivity contribution in [2.75, 3.05) is 0 Å². The van der Waals surface area contributed by atoms with E-state index < -0.39 is 17.7 Å². The van der Waals surface area contributed by atoms with Crippen LogP contribution in [0.25, 0.3) is 0 Å². The minimum absolute atomic E-state index is 0.203. The van der Waals surface area contributed by atoms with Crippen LogP contribution in [0.5, 0.6) is 0 Å². The van der Waals surface area contributed by atoms with Gasteiger partial charge >= 0.3 is 0 Å². The van der Waals surface area contributed by atoms with Crippen LogP contribution in [0.2, 0.25) is 0 Å². The molecule has 1 aliphatic rings. The standard InChI is InChI=1S/C5H8F2N2O/c6-5(7)2-1-3(5)4(10)9-8/h3H,1-2,8H2,(H,9,10). The Kier molecular flexibility index (Phi) is 1.60. The van der Waals surface area contributed by atoms with Crippen molar-refractivity contribution in [3.8, 4) is 0 Å². The maximum atomic E-state index is 12.3. The highest BCUT2D eigenvalue weighted by atomic mass is 19.3. The topological polar surface area (TPSA) is 55.1 Å². The van der Waals surface area contributed by atoms with Crippen molar-refractivity contribution in [3.05, 3.63) is 0 Å². The van der Waals surface area contributed by atoms with Gasteiger partial charge in [0.25, 0.3) is 5.92 Å². The van der Waals surface area contributed by atoms with Crippen LogP contribution in [-0.2, 0) is 4.79 Å². The zero-order valence-electron chi connectivity index (χ0n) is 5.23. The van der Waals surface area contributed by atoms with E-state index in [0.29, 0.717) is 0 Å². The first-order valence-corrected chi connectivity index (χ1v) is 2.96. The maximum absolute atomic E-state index is 12.3. The molecule has 0 aromatic heterocycles. The van der Waals surface area contributed by atoms with Gasteiger partial charge in [0.05, 0.1) is 0 Å². The fourth-order valence-electron chi connectivity index (χ4n) is 0.930. The van der Waals surface area contributed by atoms with Gasteiger partial charge in [0, 0.05) is 6.42 Å². The van der Waals surface area contributed by atoms with Crippen LogP contribution < -0.4 is 11.3 Å². The van der Waals surface area contributed by atoms with Crippen LogP contribution in [0.1, 0.15) is 12.8 Å². The molecule has 0 aromatic carbocycles. The molecular formula is C5H8F2N2O. The Balaban J connectivity index is 2.51. The number of nitrogens with one attached hydrogen (secondary N) is 1. The summed E-state index contributed by atoms with van der Waals surface area (Å²) in [6.45, 7) is 0. The van der Waals surface area contributed by atoms with Gasteiger partial charge in [0.1, 0.15) is 5.92 Å². The van der Waals surface area contributed by atoms with Crippen molar-refractivity contribution >= 4 is 5.91 Å². The monoisotopic (exact) mass is 150 g/mol. The summed E-state index contributed by atoms with van der Waals surface area (Å²) >= 11 is 0. The third-order valence-corrected chi connectivity index (χ3v) is 1.73. The molecule has 0 aromatic rings. The second kappa shape index (κ2) is 2.16. The van der Waals surface area contributed by atoms with Crippen LogP contribution in [0.15, 0.2) is 0 Å². The number of carbonyl (C=O) groups is 1. The van der Waals surface area contributed by atoms with Gasteiger partial charge < -0.3 is 0 Å². The predicted octanol–water partition coefficient (Wildman–Crippen LogP) is 0.0216. The number of alkyl halides is 2. The summed E-state index contributed by atoms with van der Waals surface area (Å²) in [5.41, 5.74) is 1.70. The second-order valence-corrected chi connectivity index (χ2v) is 2.36. The quantitative estimate of drug-likeness (QED) is 0.314. The summed E-state index contributed by atoms with van der Waals surface area (Å²) < 4.78 is 24.6. The Hall–Kier alpha value is -0.710. The molecule has 3 N–H and O–H groups in total. The Labute approximate surface area is 56.5 Å². The Morgan fingerprint density at radius 2 is 2.30 bits per heavy atom. The van der Waals surface area contributed by atoms with Crippen molar-refractivity contribution in [1.82, 2.24) is 5.43 Å². The lowest BCUT2D eigenvalue weighted by Crippen LogP contribution is -2.50. The zero-order valence-corrected chi connectivity index (χ0v) is 5.23. The number of hydrogen-bond donors (Lipinski definition) is 2. The predicted molar refractivity (Wildman–Crippen MR) is 30.0 cm³/mol. The van der Waals surface area contributed by atoms with E-state index in [2.05, 4.69) is 5.84 Å². The Bertz CT molecular complexity index is 160. The molecular weight excluding hydrogens is 142 g/mol. The van der Waals surface area contributed by atoms with Crippen LogP contribution in [0.3, 0.4) is 0 Å². The van der Waals surface area contributed by atoms with Crippen molar-refractivity contribution in [2.45, 2.75) is 18.8 Å². The van der Waals surface area contributed by atoms with E-state index in [-0.39, 0.29) is 12.8 Å². The third-order valence-electron chi connectivity index (χ3n) is 1.73. The minimum atomic E-state index is -2.83. The van der Waals surface area contributed by atoms with Crippen LogP contribution in [0.4, 0.5) is 8.78 Å². The molecule has 1 rings (SSSR count). The zero-order chi connectivity index (χ0) is 7.78. The fourth-order valence-corrected chi connectivity index (χ4v) is 0.930. The first-order valence-electron chi connectivity index (χ1n) is 2.96. The molecule has 0 radical (unpaired) electrons. The summed E-state index contributed by atoms with van der Waals surface area (Å²) in [5.74, 6) is -0.123. The summed E-state index contributed by atoms with van der Waals surface area (Å²) in [5, 5.41) is 0. The number of hydrogen-bond acceptors (Lipinski definition) is 2. The molecule has 1 aliphatic carbocycles. The molecule has 1 unspecified atom stereocenters. The van der Waals surface area contributed by atoms with E-state index in [0.717, 1.165) is 0 Å². The van der Waals surface area contributed by atoms with Gasteiger partial charge in [-0.2, -0.15) is 0 Å². The molecule has 1 atom stereocenters. The van der Waals surface area contributed by atoms with E-state index in [1.165, 1.54) is 0 Å². The lowest BCUT2D eigenvalue weighted by molar-refractivity contribution is -0.162. The lowest BCUT2D eigenvalue weighted by atomic mass is 9.80. The lowest BCUT2D eigenvalue weighted by Gasteiger charge is -2.34. The first kappa shape index (κ1) is 7.40. The van der Waals surface area contributed by atoms with E-state index in [1.807, 2.05) is 0 Å². The van der Waals surface area contributed by atoms with Crippen molar-refractivity contribution in [3.63, 3.8) is 0 Å². The fraction of sp³-hybridized carbons (Fsp3) is 0.800. The van der Waals surface area contributed by atoms with Crippen LogP contribution in [-0.4, -0.2) is 11.8 Å². The van der Waals surface area contributed by atoms with Crippen molar-refractivity contribution in [2.24, 2.45) is 11.8 Å². The highest BCUT2D eigenvalue weighted by Crippen LogP contribution is 2.43. The van der Waals surface area contributed by atoms with Crippen molar-refractivity contribution in [1.29, 1.82) is 0 Å². The van der Waals surface area contributed by atoms with Crippen molar-refractivity contribution < 1.29 is 13.6 Å². The maximum Gasteiger partial charge on any atom is 0.259 e. The van der Waals surface area contributed by atoms with E-state index in [4.69, 9.17) is 0 Å². The number of halogens is 2. The number of rotatable bonds is 1. The molecule has 0 heterocycles. The normalized spacial score (nSPS) is 28.9. The number of nitrogens with two attached hydrogens (primary N) is 1. The molecule has 0 saturated heterocycles. The molecule has 0 aliphatic heterocycles.